The Morgan fingerprint density at radius 1 is 1.41 bits per heavy atom. The number of likely N-dealkylation sites (tertiary alicyclic amines) is 1. The maximum absolute atomic E-state index is 11.5. The van der Waals surface area contributed by atoms with Crippen LogP contribution < -0.4 is 5.32 Å². The fraction of sp³-hybridized carbons (Fsp3) is 0.818. The van der Waals surface area contributed by atoms with E-state index in [0.29, 0.717) is 13.0 Å². The number of hydrogen-bond acceptors (Lipinski definition) is 4. The molecule has 1 fully saturated rings. The summed E-state index contributed by atoms with van der Waals surface area (Å²) >= 11 is 0. The lowest BCUT2D eigenvalue weighted by Gasteiger charge is -2.21. The number of nitrogens with one attached hydrogen (secondary N) is 1. The van der Waals surface area contributed by atoms with Crippen molar-refractivity contribution in [1.29, 1.82) is 0 Å². The normalized spacial score (nSPS) is 20.4. The van der Waals surface area contributed by atoms with E-state index in [1.165, 1.54) is 0 Å². The van der Waals surface area contributed by atoms with Crippen LogP contribution in [-0.2, 0) is 9.59 Å². The van der Waals surface area contributed by atoms with E-state index >= 15 is 0 Å². The van der Waals surface area contributed by atoms with Crippen molar-refractivity contribution in [2.45, 2.75) is 31.7 Å². The lowest BCUT2D eigenvalue weighted by atomic mass is 10.2. The van der Waals surface area contributed by atoms with E-state index in [9.17, 15) is 9.59 Å². The zero-order valence-electron chi connectivity index (χ0n) is 9.89. The average molecular weight is 244 g/mol. The van der Waals surface area contributed by atoms with Crippen LogP contribution in [0.1, 0.15) is 25.7 Å². The summed E-state index contributed by atoms with van der Waals surface area (Å²) in [5.41, 5.74) is 0. The molecule has 0 aromatic carbocycles. The summed E-state index contributed by atoms with van der Waals surface area (Å²) in [5, 5.41) is 20.2. The molecule has 0 aromatic rings. The topological polar surface area (TPSA) is 89.9 Å². The van der Waals surface area contributed by atoms with E-state index in [1.807, 2.05) is 4.90 Å². The Morgan fingerprint density at radius 3 is 2.82 bits per heavy atom. The van der Waals surface area contributed by atoms with Gasteiger partial charge >= 0.3 is 5.97 Å². The Labute approximate surface area is 101 Å². The van der Waals surface area contributed by atoms with Gasteiger partial charge in [0.2, 0.25) is 5.91 Å². The molecule has 1 heterocycles. The molecule has 0 radical (unpaired) electrons. The zero-order valence-corrected chi connectivity index (χ0v) is 9.89. The van der Waals surface area contributed by atoms with Gasteiger partial charge in [-0.1, -0.05) is 0 Å². The fourth-order valence-corrected chi connectivity index (χ4v) is 2.02. The number of rotatable bonds is 7. The summed E-state index contributed by atoms with van der Waals surface area (Å²) in [6.45, 7) is 1.61. The number of hydrogen-bond donors (Lipinski definition) is 3. The van der Waals surface area contributed by atoms with Crippen LogP contribution in [0.3, 0.4) is 0 Å². The highest BCUT2D eigenvalue weighted by molar-refractivity contribution is 5.78. The fourth-order valence-electron chi connectivity index (χ4n) is 2.02. The molecule has 1 rings (SSSR count). The SMILES string of the molecule is O=C(O)CCCNC(=O)CN1CCC[C@H]1CO. The molecule has 1 amide bonds. The van der Waals surface area contributed by atoms with Crippen LogP contribution in [0.5, 0.6) is 0 Å². The molecule has 1 saturated heterocycles. The molecule has 6 heteroatoms. The molecule has 0 aliphatic carbocycles. The van der Waals surface area contributed by atoms with Gasteiger partial charge in [0.25, 0.3) is 0 Å². The van der Waals surface area contributed by atoms with Crippen LogP contribution >= 0.6 is 0 Å². The van der Waals surface area contributed by atoms with Crippen molar-refractivity contribution in [1.82, 2.24) is 10.2 Å². The van der Waals surface area contributed by atoms with Crippen molar-refractivity contribution < 1.29 is 19.8 Å². The number of carboxylic acid groups (broad SMARTS) is 1. The molecule has 0 aromatic heterocycles. The summed E-state index contributed by atoms with van der Waals surface area (Å²) in [6, 6.07) is 0.0970. The van der Waals surface area contributed by atoms with E-state index in [4.69, 9.17) is 10.2 Å². The van der Waals surface area contributed by atoms with Crippen LogP contribution in [0.25, 0.3) is 0 Å². The second-order valence-corrected chi connectivity index (χ2v) is 4.30. The summed E-state index contributed by atoms with van der Waals surface area (Å²) in [5.74, 6) is -0.949. The van der Waals surface area contributed by atoms with Crippen molar-refractivity contribution in [3.05, 3.63) is 0 Å². The minimum atomic E-state index is -0.848. The van der Waals surface area contributed by atoms with Crippen LogP contribution in [0.4, 0.5) is 0 Å². The average Bonchev–Trinajstić information content (AvgIpc) is 2.71. The van der Waals surface area contributed by atoms with Gasteiger partial charge in [0, 0.05) is 19.0 Å². The van der Waals surface area contributed by atoms with E-state index in [0.717, 1.165) is 19.4 Å². The first-order valence-corrected chi connectivity index (χ1v) is 5.97. The molecular formula is C11H20N2O4. The van der Waals surface area contributed by atoms with Gasteiger partial charge < -0.3 is 15.5 Å². The Balaban J connectivity index is 2.14. The molecule has 0 bridgehead atoms. The smallest absolute Gasteiger partial charge is 0.303 e. The Kier molecular flexibility index (Phi) is 5.93. The molecule has 98 valence electrons. The van der Waals surface area contributed by atoms with E-state index in [1.54, 1.807) is 0 Å². The minimum Gasteiger partial charge on any atom is -0.481 e. The Hall–Kier alpha value is -1.14. The third-order valence-corrected chi connectivity index (χ3v) is 2.95. The first kappa shape index (κ1) is 13.9. The highest BCUT2D eigenvalue weighted by Gasteiger charge is 2.25. The number of amides is 1. The van der Waals surface area contributed by atoms with Gasteiger partial charge in [0.15, 0.2) is 0 Å². The number of aliphatic hydroxyl groups excluding tert-OH is 1. The van der Waals surface area contributed by atoms with E-state index < -0.39 is 5.97 Å². The second-order valence-electron chi connectivity index (χ2n) is 4.30. The minimum absolute atomic E-state index is 0.0727. The van der Waals surface area contributed by atoms with Crippen molar-refractivity contribution in [3.8, 4) is 0 Å². The standard InChI is InChI=1S/C11H20N2O4/c14-8-9-3-2-6-13(9)7-10(15)12-5-1-4-11(16)17/h9,14H,1-8H2,(H,12,15)(H,16,17)/t9-/m0/s1. The lowest BCUT2D eigenvalue weighted by Crippen LogP contribution is -2.41. The van der Waals surface area contributed by atoms with Crippen LogP contribution in [0.15, 0.2) is 0 Å². The quantitative estimate of drug-likeness (QED) is 0.522. The second kappa shape index (κ2) is 7.24. The number of aliphatic hydroxyl groups is 1. The van der Waals surface area contributed by atoms with Crippen molar-refractivity contribution in [2.24, 2.45) is 0 Å². The summed E-state index contributed by atoms with van der Waals surface area (Å²) < 4.78 is 0. The summed E-state index contributed by atoms with van der Waals surface area (Å²) in [6.07, 6.45) is 2.47. The van der Waals surface area contributed by atoms with Crippen molar-refractivity contribution in [3.63, 3.8) is 0 Å². The molecule has 3 N–H and O–H groups in total. The predicted octanol–water partition coefficient (Wildman–Crippen LogP) is -0.576. The zero-order chi connectivity index (χ0) is 12.7. The Morgan fingerprint density at radius 2 is 2.18 bits per heavy atom. The highest BCUT2D eigenvalue weighted by atomic mass is 16.4. The van der Waals surface area contributed by atoms with Crippen molar-refractivity contribution in [2.75, 3.05) is 26.2 Å². The van der Waals surface area contributed by atoms with E-state index in [-0.39, 0.29) is 31.5 Å². The molecule has 0 saturated carbocycles. The van der Waals surface area contributed by atoms with Crippen LogP contribution in [0.2, 0.25) is 0 Å². The molecule has 0 unspecified atom stereocenters. The highest BCUT2D eigenvalue weighted by Crippen LogP contribution is 2.15. The number of carbonyl (C=O) groups is 2. The number of carboxylic acids is 1. The molecule has 0 spiro atoms. The van der Waals surface area contributed by atoms with Crippen LogP contribution in [0, 0.1) is 0 Å². The summed E-state index contributed by atoms with van der Waals surface area (Å²) in [7, 11) is 0. The van der Waals surface area contributed by atoms with Crippen molar-refractivity contribution >= 4 is 11.9 Å². The molecule has 1 aliphatic rings. The van der Waals surface area contributed by atoms with Gasteiger partial charge in [0.05, 0.1) is 13.2 Å². The Bertz CT molecular complexity index is 270. The third-order valence-electron chi connectivity index (χ3n) is 2.95. The third kappa shape index (κ3) is 5.14. The maximum Gasteiger partial charge on any atom is 0.303 e. The largest absolute Gasteiger partial charge is 0.481 e. The summed E-state index contributed by atoms with van der Waals surface area (Å²) in [4.78, 5) is 23.7. The van der Waals surface area contributed by atoms with Crippen LogP contribution in [-0.4, -0.2) is 59.3 Å². The maximum atomic E-state index is 11.5. The van der Waals surface area contributed by atoms with Gasteiger partial charge in [0.1, 0.15) is 0 Å². The number of nitrogens with zero attached hydrogens (tertiary/aromatic N) is 1. The number of aliphatic carboxylic acids is 1. The first-order valence-electron chi connectivity index (χ1n) is 5.97. The molecule has 1 atom stereocenters. The van der Waals surface area contributed by atoms with Gasteiger partial charge in [-0.3, -0.25) is 14.5 Å². The molecular weight excluding hydrogens is 224 g/mol. The predicted molar refractivity (Wildman–Crippen MR) is 61.6 cm³/mol. The van der Waals surface area contributed by atoms with Gasteiger partial charge in [-0.2, -0.15) is 0 Å². The molecule has 1 aliphatic heterocycles. The molecule has 17 heavy (non-hydrogen) atoms. The molecule has 6 nitrogen and oxygen atoms in total. The van der Waals surface area contributed by atoms with Gasteiger partial charge in [-0.05, 0) is 25.8 Å². The van der Waals surface area contributed by atoms with Gasteiger partial charge in [-0.25, -0.2) is 0 Å². The van der Waals surface area contributed by atoms with E-state index in [2.05, 4.69) is 5.32 Å². The number of carbonyl (C=O) groups excluding carboxylic acids is 1. The monoisotopic (exact) mass is 244 g/mol. The van der Waals surface area contributed by atoms with Gasteiger partial charge in [-0.15, -0.1) is 0 Å². The first-order chi connectivity index (χ1) is 8.13. The lowest BCUT2D eigenvalue weighted by molar-refractivity contribution is -0.137.